The molecule has 10 heteroatoms. The largest absolute Gasteiger partial charge is 0.383 e. The Morgan fingerprint density at radius 2 is 2.07 bits per heavy atom. The third kappa shape index (κ3) is 7.43. The van der Waals surface area contributed by atoms with Gasteiger partial charge >= 0.3 is 0 Å². The summed E-state index contributed by atoms with van der Waals surface area (Å²) in [6.07, 6.45) is 1.07. The molecule has 0 saturated carbocycles. The first-order chi connectivity index (χ1) is 14.3. The molecule has 1 atom stereocenters. The maximum absolute atomic E-state index is 12.9. The molecule has 0 radical (unpaired) electrons. The Balaban J connectivity index is 2.04. The highest BCUT2D eigenvalue weighted by Crippen LogP contribution is 2.30. The number of nitrogens with zero attached hydrogens (tertiary/aromatic N) is 2. The molecule has 1 heterocycles. The molecule has 0 aliphatic rings. The number of hydrogen-bond donors (Lipinski definition) is 2. The van der Waals surface area contributed by atoms with Gasteiger partial charge in [-0.15, -0.1) is 11.3 Å². The number of anilines is 2. The zero-order chi connectivity index (χ0) is 22.1. The van der Waals surface area contributed by atoms with E-state index in [1.807, 2.05) is 13.8 Å². The number of halogens is 2. The van der Waals surface area contributed by atoms with Gasteiger partial charge < -0.3 is 20.3 Å². The Kier molecular flexibility index (Phi) is 9.84. The molecule has 2 rings (SSSR count). The number of rotatable bonds is 11. The van der Waals surface area contributed by atoms with Crippen molar-refractivity contribution in [3.8, 4) is 0 Å². The number of carbonyl (C=O) groups excluding carboxylic acids is 2. The van der Waals surface area contributed by atoms with E-state index >= 15 is 0 Å². The standard InChI is InChI=1S/C20H26Cl2N4O3S/c1-4-13(2)23-18(27)7-8-26(9-10-29-3)19(28)17-12-30-20(25-17)24-16-11-14(21)5-6-15(16)22/h5-6,11-13H,4,7-10H2,1-3H3,(H,23,27)(H,24,25)/t13-/m0/s1. The van der Waals surface area contributed by atoms with Crippen molar-refractivity contribution in [3.63, 3.8) is 0 Å². The molecular formula is C20H26Cl2N4O3S. The van der Waals surface area contributed by atoms with Crippen molar-refractivity contribution >= 4 is 57.2 Å². The second-order valence-electron chi connectivity index (χ2n) is 6.70. The molecule has 0 aliphatic carbocycles. The van der Waals surface area contributed by atoms with Gasteiger partial charge in [0, 0.05) is 43.1 Å². The van der Waals surface area contributed by atoms with Crippen molar-refractivity contribution < 1.29 is 14.3 Å². The Bertz CT molecular complexity index is 862. The molecule has 0 saturated heterocycles. The van der Waals surface area contributed by atoms with E-state index in [1.165, 1.54) is 11.3 Å². The molecular weight excluding hydrogens is 447 g/mol. The van der Waals surface area contributed by atoms with Gasteiger partial charge in [-0.3, -0.25) is 9.59 Å². The van der Waals surface area contributed by atoms with Crippen LogP contribution in [0.3, 0.4) is 0 Å². The van der Waals surface area contributed by atoms with Gasteiger partial charge in [0.05, 0.1) is 17.3 Å². The number of hydrogen-bond acceptors (Lipinski definition) is 6. The third-order valence-electron chi connectivity index (χ3n) is 4.37. The van der Waals surface area contributed by atoms with Crippen LogP contribution in [0.15, 0.2) is 23.6 Å². The molecule has 0 fully saturated rings. The van der Waals surface area contributed by atoms with Gasteiger partial charge in [0.2, 0.25) is 5.91 Å². The minimum atomic E-state index is -0.259. The molecule has 164 valence electrons. The highest BCUT2D eigenvalue weighted by molar-refractivity contribution is 7.14. The Morgan fingerprint density at radius 3 is 2.77 bits per heavy atom. The maximum Gasteiger partial charge on any atom is 0.273 e. The van der Waals surface area contributed by atoms with Crippen LogP contribution in [0, 0.1) is 0 Å². The predicted molar refractivity (Wildman–Crippen MR) is 122 cm³/mol. The number of ether oxygens (including phenoxy) is 1. The first-order valence-corrected chi connectivity index (χ1v) is 11.2. The van der Waals surface area contributed by atoms with Crippen molar-refractivity contribution in [2.75, 3.05) is 32.1 Å². The van der Waals surface area contributed by atoms with Crippen molar-refractivity contribution in [2.45, 2.75) is 32.7 Å². The summed E-state index contributed by atoms with van der Waals surface area (Å²) in [6.45, 7) is 4.97. The fourth-order valence-electron chi connectivity index (χ4n) is 2.50. The Labute approximate surface area is 190 Å². The van der Waals surface area contributed by atoms with Crippen LogP contribution in [0.1, 0.15) is 37.2 Å². The minimum Gasteiger partial charge on any atom is -0.383 e. The van der Waals surface area contributed by atoms with Gasteiger partial charge in [-0.25, -0.2) is 4.98 Å². The van der Waals surface area contributed by atoms with Crippen molar-refractivity contribution in [1.82, 2.24) is 15.2 Å². The molecule has 30 heavy (non-hydrogen) atoms. The van der Waals surface area contributed by atoms with Gasteiger partial charge in [-0.2, -0.15) is 0 Å². The Morgan fingerprint density at radius 1 is 1.30 bits per heavy atom. The summed E-state index contributed by atoms with van der Waals surface area (Å²) in [5.74, 6) is -0.347. The van der Waals surface area contributed by atoms with Crippen LogP contribution < -0.4 is 10.6 Å². The molecule has 2 N–H and O–H groups in total. The lowest BCUT2D eigenvalue weighted by molar-refractivity contribution is -0.121. The second kappa shape index (κ2) is 12.1. The average Bonchev–Trinajstić information content (AvgIpc) is 3.18. The van der Waals surface area contributed by atoms with E-state index in [-0.39, 0.29) is 30.8 Å². The number of thiazole rings is 1. The van der Waals surface area contributed by atoms with Crippen LogP contribution in [-0.2, 0) is 9.53 Å². The van der Waals surface area contributed by atoms with Crippen LogP contribution in [-0.4, -0.2) is 54.5 Å². The van der Waals surface area contributed by atoms with Crippen LogP contribution in [0.2, 0.25) is 10.0 Å². The third-order valence-corrected chi connectivity index (χ3v) is 5.70. The van der Waals surface area contributed by atoms with Crippen molar-refractivity contribution in [3.05, 3.63) is 39.3 Å². The van der Waals surface area contributed by atoms with Gasteiger partial charge in [0.25, 0.3) is 5.91 Å². The number of aromatic nitrogens is 1. The monoisotopic (exact) mass is 472 g/mol. The molecule has 0 aliphatic heterocycles. The minimum absolute atomic E-state index is 0.0872. The average molecular weight is 473 g/mol. The lowest BCUT2D eigenvalue weighted by Gasteiger charge is -2.21. The zero-order valence-corrected chi connectivity index (χ0v) is 19.5. The maximum atomic E-state index is 12.9. The van der Waals surface area contributed by atoms with Gasteiger partial charge in [-0.05, 0) is 31.5 Å². The topological polar surface area (TPSA) is 83.6 Å². The lowest BCUT2D eigenvalue weighted by atomic mass is 10.2. The number of benzene rings is 1. The summed E-state index contributed by atoms with van der Waals surface area (Å²) >= 11 is 13.5. The summed E-state index contributed by atoms with van der Waals surface area (Å²) in [6, 6.07) is 5.17. The molecule has 7 nitrogen and oxygen atoms in total. The van der Waals surface area contributed by atoms with Crippen LogP contribution in [0.4, 0.5) is 10.8 Å². The number of amides is 2. The zero-order valence-electron chi connectivity index (χ0n) is 17.2. The predicted octanol–water partition coefficient (Wildman–Crippen LogP) is 4.59. The van der Waals surface area contributed by atoms with Gasteiger partial charge in [0.1, 0.15) is 5.69 Å². The van der Waals surface area contributed by atoms with E-state index in [2.05, 4.69) is 15.6 Å². The van der Waals surface area contributed by atoms with E-state index in [1.54, 1.807) is 35.6 Å². The molecule has 1 aromatic heterocycles. The SMILES string of the molecule is CC[C@H](C)NC(=O)CCN(CCOC)C(=O)c1csc(Nc2cc(Cl)ccc2Cl)n1. The normalized spacial score (nSPS) is 11.8. The van der Waals surface area contributed by atoms with Crippen LogP contribution in [0.5, 0.6) is 0 Å². The van der Waals surface area contributed by atoms with E-state index in [9.17, 15) is 9.59 Å². The fourth-order valence-corrected chi connectivity index (χ4v) is 3.54. The summed E-state index contributed by atoms with van der Waals surface area (Å²) in [7, 11) is 1.57. The Hall–Kier alpha value is -1.87. The summed E-state index contributed by atoms with van der Waals surface area (Å²) < 4.78 is 5.10. The molecule has 2 aromatic rings. The first kappa shape index (κ1) is 24.4. The molecule has 0 spiro atoms. The van der Waals surface area contributed by atoms with E-state index in [4.69, 9.17) is 27.9 Å². The van der Waals surface area contributed by atoms with Crippen LogP contribution >= 0.6 is 34.5 Å². The fraction of sp³-hybridized carbons (Fsp3) is 0.450. The summed E-state index contributed by atoms with van der Waals surface area (Å²) in [5, 5.41) is 9.21. The number of methoxy groups -OCH3 is 1. The van der Waals surface area contributed by atoms with Crippen molar-refractivity contribution in [2.24, 2.45) is 0 Å². The van der Waals surface area contributed by atoms with Gasteiger partial charge in [0.15, 0.2) is 5.13 Å². The second-order valence-corrected chi connectivity index (χ2v) is 8.40. The number of nitrogens with one attached hydrogen (secondary N) is 2. The van der Waals surface area contributed by atoms with Crippen LogP contribution in [0.25, 0.3) is 0 Å². The van der Waals surface area contributed by atoms with E-state index in [0.717, 1.165) is 6.42 Å². The molecule has 0 unspecified atom stereocenters. The van der Waals surface area contributed by atoms with E-state index < -0.39 is 0 Å². The smallest absolute Gasteiger partial charge is 0.273 e. The highest BCUT2D eigenvalue weighted by Gasteiger charge is 2.20. The summed E-state index contributed by atoms with van der Waals surface area (Å²) in [5.41, 5.74) is 0.898. The van der Waals surface area contributed by atoms with Crippen molar-refractivity contribution in [1.29, 1.82) is 0 Å². The summed E-state index contributed by atoms with van der Waals surface area (Å²) in [4.78, 5) is 31.0. The van der Waals surface area contributed by atoms with Gasteiger partial charge in [-0.1, -0.05) is 30.1 Å². The van der Waals surface area contributed by atoms with E-state index in [0.29, 0.717) is 39.7 Å². The highest BCUT2D eigenvalue weighted by atomic mass is 35.5. The number of carbonyl (C=O) groups is 2. The molecule has 2 amide bonds. The molecule has 1 aromatic carbocycles. The quantitative estimate of drug-likeness (QED) is 0.499. The lowest BCUT2D eigenvalue weighted by Crippen LogP contribution is -2.39. The molecule has 0 bridgehead atoms. The first-order valence-electron chi connectivity index (χ1n) is 9.59.